The smallest absolute Gasteiger partial charge is 0.299 e. The molecule has 0 saturated carbocycles. The molecule has 0 bridgehead atoms. The van der Waals surface area contributed by atoms with E-state index in [2.05, 4.69) is 4.90 Å². The molecule has 0 spiro atoms. The molecule has 1 fully saturated rings. The number of benzene rings is 1. The number of nitrogens with zero attached hydrogens (tertiary/aromatic N) is 1. The monoisotopic (exact) mass is 269 g/mol. The van der Waals surface area contributed by atoms with Gasteiger partial charge in [0.1, 0.15) is 0 Å². The van der Waals surface area contributed by atoms with Crippen LogP contribution in [0.5, 0.6) is 0 Å². The largest absolute Gasteiger partial charge is 0.416 e. The van der Waals surface area contributed by atoms with Crippen molar-refractivity contribution in [3.63, 3.8) is 0 Å². The third-order valence-corrected chi connectivity index (χ3v) is 4.29. The lowest BCUT2D eigenvalue weighted by Crippen LogP contribution is -2.22. The molecular formula is C15H18F3N. The van der Waals surface area contributed by atoms with Crippen LogP contribution in [-0.4, -0.2) is 18.0 Å². The molecule has 4 heteroatoms. The lowest BCUT2D eigenvalue weighted by molar-refractivity contribution is -0.138. The fourth-order valence-electron chi connectivity index (χ4n) is 3.35. The number of alkyl halides is 3. The molecule has 1 nitrogen and oxygen atoms in total. The number of hydrogen-bond donors (Lipinski definition) is 0. The van der Waals surface area contributed by atoms with Crippen molar-refractivity contribution in [3.8, 4) is 0 Å². The van der Waals surface area contributed by atoms with Gasteiger partial charge in [-0.25, -0.2) is 0 Å². The van der Waals surface area contributed by atoms with Crippen LogP contribution in [0, 0.1) is 0 Å². The molecule has 3 rings (SSSR count). The van der Waals surface area contributed by atoms with Crippen LogP contribution in [0.15, 0.2) is 12.1 Å². The van der Waals surface area contributed by atoms with Crippen LogP contribution in [0.25, 0.3) is 0 Å². The Morgan fingerprint density at radius 3 is 2.42 bits per heavy atom. The first kappa shape index (κ1) is 13.0. The van der Waals surface area contributed by atoms with E-state index >= 15 is 0 Å². The zero-order chi connectivity index (χ0) is 13.5. The van der Waals surface area contributed by atoms with E-state index < -0.39 is 11.7 Å². The van der Waals surface area contributed by atoms with Gasteiger partial charge < -0.3 is 0 Å². The van der Waals surface area contributed by atoms with E-state index in [1.165, 1.54) is 6.07 Å². The summed E-state index contributed by atoms with van der Waals surface area (Å²) in [7, 11) is 0. The van der Waals surface area contributed by atoms with Gasteiger partial charge in [-0.1, -0.05) is 6.07 Å². The first-order valence-corrected chi connectivity index (χ1v) is 6.99. The fourth-order valence-corrected chi connectivity index (χ4v) is 3.35. The van der Waals surface area contributed by atoms with Crippen LogP contribution in [0.1, 0.15) is 41.5 Å². The average molecular weight is 269 g/mol. The van der Waals surface area contributed by atoms with E-state index in [9.17, 15) is 13.2 Å². The van der Waals surface area contributed by atoms with Gasteiger partial charge in [-0.05, 0) is 68.0 Å². The summed E-state index contributed by atoms with van der Waals surface area (Å²) in [4.78, 5) is 2.16. The molecule has 19 heavy (non-hydrogen) atoms. The maximum Gasteiger partial charge on any atom is 0.416 e. The van der Waals surface area contributed by atoms with Crippen molar-refractivity contribution in [1.29, 1.82) is 0 Å². The normalized spacial score (nSPS) is 19.9. The predicted molar refractivity (Wildman–Crippen MR) is 68.0 cm³/mol. The molecule has 0 aromatic heterocycles. The van der Waals surface area contributed by atoms with Crippen molar-refractivity contribution in [2.24, 2.45) is 0 Å². The zero-order valence-corrected chi connectivity index (χ0v) is 10.9. The summed E-state index contributed by atoms with van der Waals surface area (Å²) in [5, 5.41) is 0. The average Bonchev–Trinajstić information content (AvgIpc) is 2.96. The Morgan fingerprint density at radius 1 is 1.00 bits per heavy atom. The SMILES string of the molecule is FC(F)(F)c1ccc2c(c1CN1CCCC1)CCC2. The van der Waals surface area contributed by atoms with Crippen LogP contribution in [-0.2, 0) is 25.6 Å². The highest BCUT2D eigenvalue weighted by Crippen LogP contribution is 2.38. The minimum atomic E-state index is -4.23. The second-order valence-electron chi connectivity index (χ2n) is 5.56. The Bertz CT molecular complexity index is 473. The van der Waals surface area contributed by atoms with Crippen LogP contribution in [0.4, 0.5) is 13.2 Å². The highest BCUT2D eigenvalue weighted by molar-refractivity contribution is 5.45. The van der Waals surface area contributed by atoms with Crippen molar-refractivity contribution < 1.29 is 13.2 Å². The third-order valence-electron chi connectivity index (χ3n) is 4.29. The number of fused-ring (bicyclic) bond motifs is 1. The van der Waals surface area contributed by atoms with Crippen LogP contribution in [0.2, 0.25) is 0 Å². The summed E-state index contributed by atoms with van der Waals surface area (Å²) in [6.07, 6.45) is 0.714. The molecule has 0 atom stereocenters. The Balaban J connectivity index is 2.00. The van der Waals surface area contributed by atoms with Crippen molar-refractivity contribution in [2.45, 2.75) is 44.8 Å². The number of likely N-dealkylation sites (tertiary alicyclic amines) is 1. The van der Waals surface area contributed by atoms with Gasteiger partial charge in [-0.2, -0.15) is 13.2 Å². The molecule has 0 radical (unpaired) electrons. The quantitative estimate of drug-likeness (QED) is 0.789. The van der Waals surface area contributed by atoms with Crippen molar-refractivity contribution in [1.82, 2.24) is 4.90 Å². The lowest BCUT2D eigenvalue weighted by Gasteiger charge is -2.22. The molecule has 0 unspecified atom stereocenters. The molecule has 104 valence electrons. The molecule has 0 amide bonds. The Hall–Kier alpha value is -1.03. The molecule has 1 aliphatic carbocycles. The summed E-state index contributed by atoms with van der Waals surface area (Å²) < 4.78 is 39.5. The lowest BCUT2D eigenvalue weighted by atomic mass is 9.96. The first-order chi connectivity index (χ1) is 9.05. The highest BCUT2D eigenvalue weighted by Gasteiger charge is 2.36. The first-order valence-electron chi connectivity index (χ1n) is 6.99. The fraction of sp³-hybridized carbons (Fsp3) is 0.600. The number of aryl methyl sites for hydroxylation is 1. The van der Waals surface area contributed by atoms with Gasteiger partial charge in [0, 0.05) is 6.54 Å². The van der Waals surface area contributed by atoms with Crippen LogP contribution >= 0.6 is 0 Å². The van der Waals surface area contributed by atoms with E-state index in [0.717, 1.165) is 56.3 Å². The predicted octanol–water partition coefficient (Wildman–Crippen LogP) is 3.79. The van der Waals surface area contributed by atoms with E-state index in [1.54, 1.807) is 6.07 Å². The molecule has 0 N–H and O–H groups in total. The topological polar surface area (TPSA) is 3.24 Å². The molecule has 2 aliphatic rings. The van der Waals surface area contributed by atoms with Gasteiger partial charge in [0.2, 0.25) is 0 Å². The van der Waals surface area contributed by atoms with Gasteiger partial charge in [0.15, 0.2) is 0 Å². The highest BCUT2D eigenvalue weighted by atomic mass is 19.4. The van der Waals surface area contributed by atoms with Crippen LogP contribution < -0.4 is 0 Å². The summed E-state index contributed by atoms with van der Waals surface area (Å²) in [5.41, 5.74) is 2.23. The number of rotatable bonds is 2. The maximum absolute atomic E-state index is 13.2. The van der Waals surface area contributed by atoms with Gasteiger partial charge >= 0.3 is 6.18 Å². The van der Waals surface area contributed by atoms with Gasteiger partial charge in [0.25, 0.3) is 0 Å². The Morgan fingerprint density at radius 2 is 1.74 bits per heavy atom. The zero-order valence-electron chi connectivity index (χ0n) is 10.9. The van der Waals surface area contributed by atoms with Gasteiger partial charge in [-0.3, -0.25) is 4.90 Å². The summed E-state index contributed by atoms with van der Waals surface area (Å²) in [5.74, 6) is 0. The van der Waals surface area contributed by atoms with Crippen LogP contribution in [0.3, 0.4) is 0 Å². The summed E-state index contributed by atoms with van der Waals surface area (Å²) in [6, 6.07) is 2.97. The van der Waals surface area contributed by atoms with Gasteiger partial charge in [-0.15, -0.1) is 0 Å². The van der Waals surface area contributed by atoms with Crippen molar-refractivity contribution in [3.05, 3.63) is 34.4 Å². The third kappa shape index (κ3) is 2.50. The number of hydrogen-bond acceptors (Lipinski definition) is 1. The Kier molecular flexibility index (Phi) is 3.29. The summed E-state index contributed by atoms with van der Waals surface area (Å²) >= 11 is 0. The van der Waals surface area contributed by atoms with E-state index in [0.29, 0.717) is 12.1 Å². The molecular weight excluding hydrogens is 251 g/mol. The summed E-state index contributed by atoms with van der Waals surface area (Å²) in [6.45, 7) is 2.33. The maximum atomic E-state index is 13.2. The molecule has 1 heterocycles. The molecule has 1 saturated heterocycles. The van der Waals surface area contributed by atoms with Gasteiger partial charge in [0.05, 0.1) is 5.56 Å². The number of halogens is 3. The minimum Gasteiger partial charge on any atom is -0.299 e. The second-order valence-corrected chi connectivity index (χ2v) is 5.56. The molecule has 1 aromatic carbocycles. The molecule has 1 aromatic rings. The van der Waals surface area contributed by atoms with Crippen molar-refractivity contribution >= 4 is 0 Å². The Labute approximate surface area is 111 Å². The second kappa shape index (κ2) is 4.82. The van der Waals surface area contributed by atoms with E-state index in [-0.39, 0.29) is 0 Å². The van der Waals surface area contributed by atoms with Crippen molar-refractivity contribution in [2.75, 3.05) is 13.1 Å². The standard InChI is InChI=1S/C15H18F3N/c16-15(17,18)14-7-6-11-4-3-5-12(11)13(14)10-19-8-1-2-9-19/h6-7H,1-5,8-10H2. The molecule has 1 aliphatic heterocycles. The van der Waals surface area contributed by atoms with E-state index in [1.807, 2.05) is 0 Å². The minimum absolute atomic E-state index is 0.417. The van der Waals surface area contributed by atoms with E-state index in [4.69, 9.17) is 0 Å².